The molecule has 0 aliphatic heterocycles. The van der Waals surface area contributed by atoms with Crippen LogP contribution in [0.25, 0.3) is 0 Å². The van der Waals surface area contributed by atoms with Gasteiger partial charge in [-0.3, -0.25) is 4.99 Å². The standard InChI is InChI=1S/C21H29N3O4.HI/c1-22-21(24-14-15-6-8-19(27-4)20(12-15)28-5)23-11-10-16-13-17(25-2)7-9-18(16)26-3;/h6-9,12-13H,10-11,14H2,1-5H3,(H2,22,23,24);1H. The monoisotopic (exact) mass is 515 g/mol. The van der Waals surface area contributed by atoms with Crippen molar-refractivity contribution in [2.75, 3.05) is 42.0 Å². The summed E-state index contributed by atoms with van der Waals surface area (Å²) in [4.78, 5) is 4.27. The fourth-order valence-electron chi connectivity index (χ4n) is 2.79. The smallest absolute Gasteiger partial charge is 0.191 e. The van der Waals surface area contributed by atoms with Crippen LogP contribution in [-0.4, -0.2) is 48.0 Å². The first kappa shape index (κ1) is 24.7. The van der Waals surface area contributed by atoms with Gasteiger partial charge in [0.2, 0.25) is 0 Å². The van der Waals surface area contributed by atoms with Crippen molar-refractivity contribution in [1.29, 1.82) is 0 Å². The molecule has 0 heterocycles. The van der Waals surface area contributed by atoms with E-state index in [1.165, 1.54) is 0 Å². The summed E-state index contributed by atoms with van der Waals surface area (Å²) in [6.45, 7) is 1.32. The van der Waals surface area contributed by atoms with Gasteiger partial charge < -0.3 is 29.6 Å². The molecule has 0 aromatic heterocycles. The lowest BCUT2D eigenvalue weighted by molar-refractivity contribution is 0.354. The molecule has 0 fully saturated rings. The van der Waals surface area contributed by atoms with Gasteiger partial charge >= 0.3 is 0 Å². The number of nitrogens with zero attached hydrogens (tertiary/aromatic N) is 1. The van der Waals surface area contributed by atoms with Crippen molar-refractivity contribution in [3.8, 4) is 23.0 Å². The van der Waals surface area contributed by atoms with Gasteiger partial charge in [-0.05, 0) is 47.9 Å². The molecule has 2 aromatic carbocycles. The Labute approximate surface area is 189 Å². The van der Waals surface area contributed by atoms with E-state index in [2.05, 4.69) is 15.6 Å². The zero-order chi connectivity index (χ0) is 20.4. The summed E-state index contributed by atoms with van der Waals surface area (Å²) in [5.41, 5.74) is 2.14. The molecule has 0 aliphatic carbocycles. The van der Waals surface area contributed by atoms with Crippen molar-refractivity contribution in [3.63, 3.8) is 0 Å². The summed E-state index contributed by atoms with van der Waals surface area (Å²) in [7, 11) is 8.32. The van der Waals surface area contributed by atoms with E-state index in [0.717, 1.165) is 35.0 Å². The maximum absolute atomic E-state index is 5.42. The van der Waals surface area contributed by atoms with Gasteiger partial charge in [-0.25, -0.2) is 0 Å². The van der Waals surface area contributed by atoms with Gasteiger partial charge in [0.1, 0.15) is 11.5 Å². The van der Waals surface area contributed by atoms with Crippen LogP contribution in [0.2, 0.25) is 0 Å². The number of rotatable bonds is 9. The third-order valence-corrected chi connectivity index (χ3v) is 4.31. The zero-order valence-electron chi connectivity index (χ0n) is 17.6. The molecule has 0 radical (unpaired) electrons. The van der Waals surface area contributed by atoms with E-state index in [1.807, 2.05) is 36.4 Å². The number of hydrogen-bond acceptors (Lipinski definition) is 5. The summed E-state index contributed by atoms with van der Waals surface area (Å²) >= 11 is 0. The molecule has 0 unspecified atom stereocenters. The van der Waals surface area contributed by atoms with Crippen LogP contribution in [-0.2, 0) is 13.0 Å². The summed E-state index contributed by atoms with van der Waals surface area (Å²) in [6, 6.07) is 11.6. The number of aliphatic imine (C=N–C) groups is 1. The van der Waals surface area contributed by atoms with Crippen molar-refractivity contribution in [2.45, 2.75) is 13.0 Å². The van der Waals surface area contributed by atoms with Crippen LogP contribution in [0, 0.1) is 0 Å². The number of benzene rings is 2. The van der Waals surface area contributed by atoms with Gasteiger partial charge in [-0.15, -0.1) is 24.0 Å². The van der Waals surface area contributed by atoms with E-state index in [1.54, 1.807) is 35.5 Å². The van der Waals surface area contributed by atoms with Crippen LogP contribution in [0.5, 0.6) is 23.0 Å². The van der Waals surface area contributed by atoms with Gasteiger partial charge in [0.15, 0.2) is 17.5 Å². The van der Waals surface area contributed by atoms with Crippen molar-refractivity contribution in [2.24, 2.45) is 4.99 Å². The largest absolute Gasteiger partial charge is 0.497 e. The summed E-state index contributed by atoms with van der Waals surface area (Å²) < 4.78 is 21.3. The van der Waals surface area contributed by atoms with Crippen molar-refractivity contribution in [3.05, 3.63) is 47.5 Å². The second-order valence-electron chi connectivity index (χ2n) is 5.97. The van der Waals surface area contributed by atoms with Crippen LogP contribution in [0.4, 0.5) is 0 Å². The van der Waals surface area contributed by atoms with Gasteiger partial charge in [0.25, 0.3) is 0 Å². The van der Waals surface area contributed by atoms with Crippen LogP contribution in [0.3, 0.4) is 0 Å². The summed E-state index contributed by atoms with van der Waals surface area (Å²) in [6.07, 6.45) is 0.775. The van der Waals surface area contributed by atoms with Crippen molar-refractivity contribution in [1.82, 2.24) is 10.6 Å². The van der Waals surface area contributed by atoms with Crippen molar-refractivity contribution < 1.29 is 18.9 Å². The first-order chi connectivity index (χ1) is 13.6. The van der Waals surface area contributed by atoms with Crippen molar-refractivity contribution >= 4 is 29.9 Å². The molecule has 2 aromatic rings. The first-order valence-electron chi connectivity index (χ1n) is 9.01. The first-order valence-corrected chi connectivity index (χ1v) is 9.01. The molecule has 0 saturated carbocycles. The highest BCUT2D eigenvalue weighted by Crippen LogP contribution is 2.27. The van der Waals surface area contributed by atoms with Gasteiger partial charge in [-0.2, -0.15) is 0 Å². The van der Waals surface area contributed by atoms with Crippen LogP contribution in [0.1, 0.15) is 11.1 Å². The maximum Gasteiger partial charge on any atom is 0.191 e. The predicted molar refractivity (Wildman–Crippen MR) is 126 cm³/mol. The Hall–Kier alpha value is -2.36. The number of methoxy groups -OCH3 is 4. The van der Waals surface area contributed by atoms with Gasteiger partial charge in [0.05, 0.1) is 28.4 Å². The molecule has 0 aliphatic rings. The molecule has 0 atom stereocenters. The Bertz CT molecular complexity index is 799. The number of hydrogen-bond donors (Lipinski definition) is 2. The molecule has 0 bridgehead atoms. The van der Waals surface area contributed by atoms with Crippen LogP contribution >= 0.6 is 24.0 Å². The predicted octanol–water partition coefficient (Wildman–Crippen LogP) is 3.25. The normalized spacial score (nSPS) is 10.6. The molecule has 8 heteroatoms. The number of halogens is 1. The van der Waals surface area contributed by atoms with Gasteiger partial charge in [0, 0.05) is 20.1 Å². The maximum atomic E-state index is 5.42. The molecule has 0 amide bonds. The summed E-state index contributed by atoms with van der Waals surface area (Å²) in [5, 5.41) is 6.61. The van der Waals surface area contributed by atoms with E-state index in [4.69, 9.17) is 18.9 Å². The third kappa shape index (κ3) is 7.19. The number of ether oxygens (including phenoxy) is 4. The fourth-order valence-corrected chi connectivity index (χ4v) is 2.79. The van der Waals surface area contributed by atoms with Gasteiger partial charge in [-0.1, -0.05) is 6.07 Å². The van der Waals surface area contributed by atoms with E-state index in [9.17, 15) is 0 Å². The second-order valence-corrected chi connectivity index (χ2v) is 5.97. The molecule has 2 rings (SSSR count). The molecular weight excluding hydrogens is 485 g/mol. The highest BCUT2D eigenvalue weighted by molar-refractivity contribution is 14.0. The lowest BCUT2D eigenvalue weighted by Gasteiger charge is -2.14. The number of guanidine groups is 1. The van der Waals surface area contributed by atoms with E-state index >= 15 is 0 Å². The lowest BCUT2D eigenvalue weighted by atomic mass is 10.1. The van der Waals surface area contributed by atoms with Crippen LogP contribution in [0.15, 0.2) is 41.4 Å². The average Bonchev–Trinajstić information content (AvgIpc) is 2.75. The quantitative estimate of drug-likeness (QED) is 0.304. The molecule has 7 nitrogen and oxygen atoms in total. The minimum Gasteiger partial charge on any atom is -0.497 e. The highest BCUT2D eigenvalue weighted by Gasteiger charge is 2.07. The number of nitrogens with one attached hydrogen (secondary N) is 2. The molecule has 2 N–H and O–H groups in total. The Balaban J connectivity index is 0.00000420. The van der Waals surface area contributed by atoms with E-state index < -0.39 is 0 Å². The molecular formula is C21H30IN3O4. The third-order valence-electron chi connectivity index (χ3n) is 4.31. The Morgan fingerprint density at radius 2 is 1.52 bits per heavy atom. The second kappa shape index (κ2) is 13.0. The Kier molecular flexibility index (Phi) is 11.0. The van der Waals surface area contributed by atoms with E-state index in [-0.39, 0.29) is 24.0 Å². The van der Waals surface area contributed by atoms with E-state index in [0.29, 0.717) is 24.6 Å². The highest BCUT2D eigenvalue weighted by atomic mass is 127. The molecule has 0 spiro atoms. The molecule has 0 saturated heterocycles. The zero-order valence-corrected chi connectivity index (χ0v) is 19.9. The minimum absolute atomic E-state index is 0. The lowest BCUT2D eigenvalue weighted by Crippen LogP contribution is -2.37. The Morgan fingerprint density at radius 1 is 0.828 bits per heavy atom. The SMILES string of the molecule is CN=C(NCCc1cc(OC)ccc1OC)NCc1ccc(OC)c(OC)c1.I. The topological polar surface area (TPSA) is 73.3 Å². The average molecular weight is 515 g/mol. The Morgan fingerprint density at radius 3 is 2.14 bits per heavy atom. The summed E-state index contributed by atoms with van der Waals surface area (Å²) in [5.74, 6) is 3.79. The fraction of sp³-hybridized carbons (Fsp3) is 0.381. The molecule has 160 valence electrons. The minimum atomic E-state index is 0. The van der Waals surface area contributed by atoms with Crippen LogP contribution < -0.4 is 29.6 Å². The molecule has 29 heavy (non-hydrogen) atoms.